The molecule has 1 amide bonds. The fourth-order valence-electron chi connectivity index (χ4n) is 0.926. The van der Waals surface area contributed by atoms with E-state index < -0.39 is 11.9 Å². The number of rotatable bonds is 2. The van der Waals surface area contributed by atoms with Crippen LogP contribution in [0.15, 0.2) is 17.9 Å². The van der Waals surface area contributed by atoms with Crippen molar-refractivity contribution in [2.75, 3.05) is 0 Å². The first-order valence-electron chi connectivity index (χ1n) is 3.35. The second kappa shape index (κ2) is 2.77. The van der Waals surface area contributed by atoms with Crippen molar-refractivity contribution < 1.29 is 14.7 Å². The molecule has 0 aliphatic carbocycles. The summed E-state index contributed by atoms with van der Waals surface area (Å²) in [5, 5.41) is 13.1. The molecule has 0 bridgehead atoms. The molecule has 1 unspecified atom stereocenters. The maximum Gasteiger partial charge on any atom is 0.352 e. The van der Waals surface area contributed by atoms with Crippen LogP contribution in [0.5, 0.6) is 0 Å². The minimum absolute atomic E-state index is 0.139. The second-order valence-corrected chi connectivity index (χ2v) is 2.38. The Morgan fingerprint density at radius 3 is 2.67 bits per heavy atom. The number of aliphatic carboxylic acids is 1. The molecule has 1 N–H and O–H groups in total. The standard InChI is InChI=1S/C7H8N2O3/c1-3-9-6(10)4(2)5(8-9)7(11)12/h3-4H,1H2,2H3,(H,11,12). The summed E-state index contributed by atoms with van der Waals surface area (Å²) < 4.78 is 0. The second-order valence-electron chi connectivity index (χ2n) is 2.38. The summed E-state index contributed by atoms with van der Waals surface area (Å²) in [6, 6.07) is 0. The van der Waals surface area contributed by atoms with E-state index in [2.05, 4.69) is 11.7 Å². The molecule has 5 heteroatoms. The fraction of sp³-hybridized carbons (Fsp3) is 0.286. The van der Waals surface area contributed by atoms with Gasteiger partial charge < -0.3 is 5.11 Å². The smallest absolute Gasteiger partial charge is 0.352 e. The molecule has 5 nitrogen and oxygen atoms in total. The van der Waals surface area contributed by atoms with Gasteiger partial charge in [-0.15, -0.1) is 0 Å². The first-order valence-corrected chi connectivity index (χ1v) is 3.35. The van der Waals surface area contributed by atoms with Crippen molar-refractivity contribution in [2.45, 2.75) is 6.92 Å². The molecule has 0 saturated heterocycles. The number of carboxylic acid groups (broad SMARTS) is 1. The number of hydrazone groups is 1. The molecule has 1 aliphatic heterocycles. The molecule has 64 valence electrons. The van der Waals surface area contributed by atoms with Gasteiger partial charge in [-0.05, 0) is 6.92 Å². The zero-order chi connectivity index (χ0) is 9.30. The quantitative estimate of drug-likeness (QED) is 0.633. The van der Waals surface area contributed by atoms with Gasteiger partial charge in [-0.3, -0.25) is 4.79 Å². The molecule has 1 rings (SSSR count). The Morgan fingerprint density at radius 1 is 1.83 bits per heavy atom. The van der Waals surface area contributed by atoms with Crippen LogP contribution in [0.25, 0.3) is 0 Å². The molecule has 1 aliphatic rings. The number of hydrogen-bond donors (Lipinski definition) is 1. The Hall–Kier alpha value is -1.65. The molecule has 0 radical (unpaired) electrons. The zero-order valence-corrected chi connectivity index (χ0v) is 6.52. The van der Waals surface area contributed by atoms with Crippen LogP contribution in [-0.2, 0) is 9.59 Å². The molecule has 0 spiro atoms. The van der Waals surface area contributed by atoms with Gasteiger partial charge in [-0.2, -0.15) is 5.10 Å². The van der Waals surface area contributed by atoms with Crippen LogP contribution in [-0.4, -0.2) is 27.7 Å². The maximum atomic E-state index is 11.1. The first kappa shape index (κ1) is 8.45. The number of carbonyl (C=O) groups excluding carboxylic acids is 1. The summed E-state index contributed by atoms with van der Waals surface area (Å²) in [6.07, 6.45) is 1.19. The highest BCUT2D eigenvalue weighted by Crippen LogP contribution is 2.14. The highest BCUT2D eigenvalue weighted by molar-refractivity contribution is 6.41. The van der Waals surface area contributed by atoms with E-state index >= 15 is 0 Å². The topological polar surface area (TPSA) is 70.0 Å². The van der Waals surface area contributed by atoms with Crippen LogP contribution < -0.4 is 0 Å². The van der Waals surface area contributed by atoms with E-state index in [-0.39, 0.29) is 11.6 Å². The highest BCUT2D eigenvalue weighted by Gasteiger charge is 2.34. The largest absolute Gasteiger partial charge is 0.477 e. The SMILES string of the molecule is C=CN1N=C(C(=O)O)C(C)C1=O. The summed E-state index contributed by atoms with van der Waals surface area (Å²) in [7, 11) is 0. The van der Waals surface area contributed by atoms with E-state index in [1.54, 1.807) is 0 Å². The van der Waals surface area contributed by atoms with E-state index in [0.29, 0.717) is 0 Å². The van der Waals surface area contributed by atoms with Gasteiger partial charge in [-0.25, -0.2) is 9.80 Å². The van der Waals surface area contributed by atoms with Gasteiger partial charge in [-0.1, -0.05) is 6.58 Å². The van der Waals surface area contributed by atoms with Crippen LogP contribution in [0.4, 0.5) is 0 Å². The van der Waals surface area contributed by atoms with Crippen molar-refractivity contribution >= 4 is 17.6 Å². The van der Waals surface area contributed by atoms with Gasteiger partial charge in [0.1, 0.15) is 0 Å². The number of carboxylic acids is 1. The number of nitrogens with zero attached hydrogens (tertiary/aromatic N) is 2. The molecule has 1 heterocycles. The van der Waals surface area contributed by atoms with Crippen LogP contribution in [0.3, 0.4) is 0 Å². The third-order valence-electron chi connectivity index (χ3n) is 1.61. The fourth-order valence-corrected chi connectivity index (χ4v) is 0.926. The summed E-state index contributed by atoms with van der Waals surface area (Å²) in [4.78, 5) is 21.6. The predicted octanol–water partition coefficient (Wildman–Crippen LogP) is 0.0488. The van der Waals surface area contributed by atoms with Gasteiger partial charge in [0.25, 0.3) is 5.91 Å². The first-order chi connectivity index (χ1) is 5.57. The number of hydrogen-bond acceptors (Lipinski definition) is 3. The van der Waals surface area contributed by atoms with E-state index in [0.717, 1.165) is 5.01 Å². The van der Waals surface area contributed by atoms with Gasteiger partial charge in [0.15, 0.2) is 5.71 Å². The van der Waals surface area contributed by atoms with E-state index in [9.17, 15) is 9.59 Å². The van der Waals surface area contributed by atoms with Crippen molar-refractivity contribution in [2.24, 2.45) is 11.0 Å². The Bertz CT molecular complexity index is 282. The summed E-state index contributed by atoms with van der Waals surface area (Å²) in [5.74, 6) is -2.21. The zero-order valence-electron chi connectivity index (χ0n) is 6.52. The molecule has 0 aromatic heterocycles. The molecule has 12 heavy (non-hydrogen) atoms. The minimum Gasteiger partial charge on any atom is -0.477 e. The lowest BCUT2D eigenvalue weighted by Gasteiger charge is -2.03. The minimum atomic E-state index is -1.17. The van der Waals surface area contributed by atoms with Crippen LogP contribution in [0, 0.1) is 5.92 Å². The maximum absolute atomic E-state index is 11.1. The van der Waals surface area contributed by atoms with Crippen molar-refractivity contribution in [1.82, 2.24) is 5.01 Å². The molecule has 0 saturated carbocycles. The molecular formula is C7H8N2O3. The van der Waals surface area contributed by atoms with Gasteiger partial charge in [0.2, 0.25) is 0 Å². The summed E-state index contributed by atoms with van der Waals surface area (Å²) in [6.45, 7) is 4.83. The monoisotopic (exact) mass is 168 g/mol. The lowest BCUT2D eigenvalue weighted by atomic mass is 10.1. The van der Waals surface area contributed by atoms with Crippen LogP contribution in [0.1, 0.15) is 6.92 Å². The van der Waals surface area contributed by atoms with E-state index in [1.807, 2.05) is 0 Å². The Balaban J connectivity index is 2.97. The lowest BCUT2D eigenvalue weighted by molar-refractivity contribution is -0.131. The predicted molar refractivity (Wildman–Crippen MR) is 41.3 cm³/mol. The molecule has 0 aromatic carbocycles. The lowest BCUT2D eigenvalue weighted by Crippen LogP contribution is -2.24. The third kappa shape index (κ3) is 1.09. The van der Waals surface area contributed by atoms with Crippen LogP contribution in [0.2, 0.25) is 0 Å². The third-order valence-corrected chi connectivity index (χ3v) is 1.61. The summed E-state index contributed by atoms with van der Waals surface area (Å²) in [5.41, 5.74) is -0.139. The van der Waals surface area contributed by atoms with Crippen molar-refractivity contribution in [3.8, 4) is 0 Å². The average molecular weight is 168 g/mol. The van der Waals surface area contributed by atoms with Crippen molar-refractivity contribution in [3.05, 3.63) is 12.8 Å². The molecule has 1 atom stereocenters. The summed E-state index contributed by atoms with van der Waals surface area (Å²) >= 11 is 0. The van der Waals surface area contributed by atoms with Gasteiger partial charge in [0, 0.05) is 6.20 Å². The highest BCUT2D eigenvalue weighted by atomic mass is 16.4. The number of carbonyl (C=O) groups is 2. The number of amides is 1. The van der Waals surface area contributed by atoms with Crippen LogP contribution >= 0.6 is 0 Å². The average Bonchev–Trinajstić information content (AvgIpc) is 2.30. The van der Waals surface area contributed by atoms with Gasteiger partial charge in [0.05, 0.1) is 5.92 Å². The van der Waals surface area contributed by atoms with Gasteiger partial charge >= 0.3 is 5.97 Å². The Labute approximate surface area is 69.0 Å². The van der Waals surface area contributed by atoms with E-state index in [4.69, 9.17) is 5.11 Å². The van der Waals surface area contributed by atoms with Crippen molar-refractivity contribution in [1.29, 1.82) is 0 Å². The molecular weight excluding hydrogens is 160 g/mol. The van der Waals surface area contributed by atoms with E-state index in [1.165, 1.54) is 13.1 Å². The normalized spacial score (nSPS) is 22.4. The Kier molecular flexibility index (Phi) is 1.95. The molecule has 0 fully saturated rings. The Morgan fingerprint density at radius 2 is 2.42 bits per heavy atom. The molecule has 0 aromatic rings. The van der Waals surface area contributed by atoms with Crippen molar-refractivity contribution in [3.63, 3.8) is 0 Å².